The second-order valence-electron chi connectivity index (χ2n) is 7.90. The number of carbonyl (C=O) groups is 2. The van der Waals surface area contributed by atoms with Crippen molar-refractivity contribution < 1.29 is 9.59 Å². The summed E-state index contributed by atoms with van der Waals surface area (Å²) in [7, 11) is 2.08. The van der Waals surface area contributed by atoms with Crippen LogP contribution >= 0.6 is 0 Å². The van der Waals surface area contributed by atoms with Crippen LogP contribution in [0, 0.1) is 6.92 Å². The van der Waals surface area contributed by atoms with Gasteiger partial charge in [0.15, 0.2) is 0 Å². The minimum Gasteiger partial charge on any atom is -0.340 e. The number of piperazine rings is 1. The van der Waals surface area contributed by atoms with Crippen molar-refractivity contribution in [2.75, 3.05) is 33.2 Å². The number of nitrogens with zero attached hydrogens (tertiary/aromatic N) is 3. The number of benzene rings is 2. The van der Waals surface area contributed by atoms with Gasteiger partial charge in [0.2, 0.25) is 5.91 Å². The molecule has 2 aromatic rings. The number of hydrogen-bond donors (Lipinski definition) is 0. The summed E-state index contributed by atoms with van der Waals surface area (Å²) in [6.07, 6.45) is 0.326. The van der Waals surface area contributed by atoms with Crippen LogP contribution in [0.2, 0.25) is 0 Å². The maximum absolute atomic E-state index is 13.1. The Bertz CT molecular complexity index is 870. The molecule has 1 fully saturated rings. The van der Waals surface area contributed by atoms with E-state index in [4.69, 9.17) is 0 Å². The second kappa shape index (κ2) is 7.76. The van der Waals surface area contributed by atoms with Crippen LogP contribution in [0.25, 0.3) is 0 Å². The molecular weight excluding hydrogens is 350 g/mol. The van der Waals surface area contributed by atoms with Gasteiger partial charge in [-0.2, -0.15) is 0 Å². The van der Waals surface area contributed by atoms with E-state index in [1.807, 2.05) is 53.1 Å². The lowest BCUT2D eigenvalue weighted by atomic mass is 9.99. The fourth-order valence-electron chi connectivity index (χ4n) is 4.08. The molecule has 2 heterocycles. The van der Waals surface area contributed by atoms with Crippen molar-refractivity contribution in [2.45, 2.75) is 25.9 Å². The molecule has 28 heavy (non-hydrogen) atoms. The van der Waals surface area contributed by atoms with Crippen molar-refractivity contribution in [1.82, 2.24) is 14.7 Å². The summed E-state index contributed by atoms with van der Waals surface area (Å²) in [5, 5.41) is 0. The minimum atomic E-state index is -0.243. The van der Waals surface area contributed by atoms with E-state index < -0.39 is 0 Å². The normalized spacial score (nSPS) is 18.3. The standard InChI is InChI=1S/C23H27N3O2/c1-17-7-9-18(10-8-17)21(15-22(27)25-13-11-24(2)12-14-25)26-16-19-5-3-4-6-20(19)23(26)28/h3-10,21H,11-16H2,1-2H3. The van der Waals surface area contributed by atoms with E-state index >= 15 is 0 Å². The summed E-state index contributed by atoms with van der Waals surface area (Å²) >= 11 is 0. The molecule has 5 nitrogen and oxygen atoms in total. The van der Waals surface area contributed by atoms with Crippen LogP contribution < -0.4 is 0 Å². The Balaban J connectivity index is 1.59. The van der Waals surface area contributed by atoms with Crippen LogP contribution in [0.5, 0.6) is 0 Å². The van der Waals surface area contributed by atoms with E-state index in [1.165, 1.54) is 5.56 Å². The third kappa shape index (κ3) is 3.67. The van der Waals surface area contributed by atoms with Gasteiger partial charge in [0, 0.05) is 38.3 Å². The fraction of sp³-hybridized carbons (Fsp3) is 0.391. The first kappa shape index (κ1) is 18.7. The molecule has 0 bridgehead atoms. The van der Waals surface area contributed by atoms with Gasteiger partial charge in [0.05, 0.1) is 12.5 Å². The smallest absolute Gasteiger partial charge is 0.255 e. The predicted octanol–water partition coefficient (Wildman–Crippen LogP) is 2.86. The topological polar surface area (TPSA) is 43.9 Å². The van der Waals surface area contributed by atoms with E-state index in [0.29, 0.717) is 13.0 Å². The van der Waals surface area contributed by atoms with E-state index in [2.05, 4.69) is 24.1 Å². The Hall–Kier alpha value is -2.66. The van der Waals surface area contributed by atoms with E-state index in [-0.39, 0.29) is 17.9 Å². The molecule has 0 aromatic heterocycles. The third-order valence-electron chi connectivity index (χ3n) is 5.91. The van der Waals surface area contributed by atoms with Crippen LogP contribution in [0.15, 0.2) is 48.5 Å². The van der Waals surface area contributed by atoms with E-state index in [0.717, 1.165) is 42.9 Å². The second-order valence-corrected chi connectivity index (χ2v) is 7.90. The van der Waals surface area contributed by atoms with Crippen LogP contribution in [0.3, 0.4) is 0 Å². The SMILES string of the molecule is Cc1ccc(C(CC(=O)N2CCN(C)CC2)N2Cc3ccccc3C2=O)cc1. The van der Waals surface area contributed by atoms with Gasteiger partial charge in [-0.25, -0.2) is 0 Å². The number of aryl methyl sites for hydroxylation is 1. The molecule has 0 radical (unpaired) electrons. The summed E-state index contributed by atoms with van der Waals surface area (Å²) in [6.45, 7) is 5.91. The maximum atomic E-state index is 13.1. The average Bonchev–Trinajstić information content (AvgIpc) is 3.04. The van der Waals surface area contributed by atoms with Gasteiger partial charge in [-0.15, -0.1) is 0 Å². The molecule has 0 saturated carbocycles. The van der Waals surface area contributed by atoms with Crippen molar-refractivity contribution in [1.29, 1.82) is 0 Å². The summed E-state index contributed by atoms with van der Waals surface area (Å²) in [5.41, 5.74) is 3.99. The highest BCUT2D eigenvalue weighted by Gasteiger charge is 2.35. The molecule has 4 rings (SSSR count). The highest BCUT2D eigenvalue weighted by molar-refractivity contribution is 5.98. The van der Waals surface area contributed by atoms with Gasteiger partial charge in [-0.05, 0) is 31.2 Å². The zero-order valence-electron chi connectivity index (χ0n) is 16.6. The quantitative estimate of drug-likeness (QED) is 0.823. The first-order valence-corrected chi connectivity index (χ1v) is 9.94. The zero-order chi connectivity index (χ0) is 19.7. The fourth-order valence-corrected chi connectivity index (χ4v) is 4.08. The number of carbonyl (C=O) groups excluding carboxylic acids is 2. The Morgan fingerprint density at radius 3 is 2.36 bits per heavy atom. The molecular formula is C23H27N3O2. The van der Waals surface area contributed by atoms with Crippen molar-refractivity contribution >= 4 is 11.8 Å². The maximum Gasteiger partial charge on any atom is 0.255 e. The Kier molecular flexibility index (Phi) is 5.18. The third-order valence-corrected chi connectivity index (χ3v) is 5.91. The van der Waals surface area contributed by atoms with Gasteiger partial charge in [-0.3, -0.25) is 9.59 Å². The van der Waals surface area contributed by atoms with Crippen LogP contribution in [-0.2, 0) is 11.3 Å². The highest BCUT2D eigenvalue weighted by atomic mass is 16.2. The molecule has 1 unspecified atom stereocenters. The molecule has 0 N–H and O–H groups in total. The van der Waals surface area contributed by atoms with Gasteiger partial charge in [0.25, 0.3) is 5.91 Å². The summed E-state index contributed by atoms with van der Waals surface area (Å²) in [5.74, 6) is 0.148. The lowest BCUT2D eigenvalue weighted by molar-refractivity contribution is -0.134. The molecule has 0 spiro atoms. The Morgan fingerprint density at radius 2 is 1.68 bits per heavy atom. The molecule has 2 aliphatic rings. The van der Waals surface area contributed by atoms with Crippen LogP contribution in [0.4, 0.5) is 0 Å². The van der Waals surface area contributed by atoms with Gasteiger partial charge < -0.3 is 14.7 Å². The lowest BCUT2D eigenvalue weighted by Crippen LogP contribution is -2.48. The number of hydrogen-bond acceptors (Lipinski definition) is 3. The van der Waals surface area contributed by atoms with Crippen molar-refractivity contribution in [3.05, 3.63) is 70.8 Å². The van der Waals surface area contributed by atoms with E-state index in [9.17, 15) is 9.59 Å². The van der Waals surface area contributed by atoms with Gasteiger partial charge >= 0.3 is 0 Å². The Labute approximate surface area is 166 Å². The number of rotatable bonds is 4. The van der Waals surface area contributed by atoms with Gasteiger partial charge in [-0.1, -0.05) is 48.0 Å². The summed E-state index contributed by atoms with van der Waals surface area (Å²) < 4.78 is 0. The number of amides is 2. The summed E-state index contributed by atoms with van der Waals surface area (Å²) in [4.78, 5) is 32.2. The molecule has 5 heteroatoms. The monoisotopic (exact) mass is 377 g/mol. The predicted molar refractivity (Wildman–Crippen MR) is 109 cm³/mol. The molecule has 1 saturated heterocycles. The number of fused-ring (bicyclic) bond motifs is 1. The van der Waals surface area contributed by atoms with Crippen LogP contribution in [-0.4, -0.2) is 59.7 Å². The van der Waals surface area contributed by atoms with Crippen molar-refractivity contribution in [3.63, 3.8) is 0 Å². The first-order valence-electron chi connectivity index (χ1n) is 9.94. The lowest BCUT2D eigenvalue weighted by Gasteiger charge is -2.35. The number of likely N-dealkylation sites (N-methyl/N-ethyl adjacent to an activating group) is 1. The molecule has 0 aliphatic carbocycles. The molecule has 146 valence electrons. The average molecular weight is 377 g/mol. The Morgan fingerprint density at radius 1 is 1.00 bits per heavy atom. The van der Waals surface area contributed by atoms with Crippen molar-refractivity contribution in [2.24, 2.45) is 0 Å². The largest absolute Gasteiger partial charge is 0.340 e. The molecule has 2 amide bonds. The van der Waals surface area contributed by atoms with Crippen molar-refractivity contribution in [3.8, 4) is 0 Å². The molecule has 1 atom stereocenters. The molecule has 2 aliphatic heterocycles. The van der Waals surface area contributed by atoms with E-state index in [1.54, 1.807) is 0 Å². The highest BCUT2D eigenvalue weighted by Crippen LogP contribution is 2.34. The zero-order valence-corrected chi connectivity index (χ0v) is 16.6. The summed E-state index contributed by atoms with van der Waals surface area (Å²) in [6, 6.07) is 15.7. The van der Waals surface area contributed by atoms with Crippen LogP contribution in [0.1, 0.15) is 39.5 Å². The van der Waals surface area contributed by atoms with Gasteiger partial charge in [0.1, 0.15) is 0 Å². The first-order chi connectivity index (χ1) is 13.5. The minimum absolute atomic E-state index is 0.0207. The molecule has 2 aromatic carbocycles.